The van der Waals surface area contributed by atoms with Crippen molar-refractivity contribution in [3.8, 4) is 0 Å². The Labute approximate surface area is 92.5 Å². The van der Waals surface area contributed by atoms with Crippen LogP contribution in [0.1, 0.15) is 32.6 Å². The fourth-order valence-corrected chi connectivity index (χ4v) is 2.16. The Hall–Kier alpha value is -0.830. The maximum Gasteiger partial charge on any atom is 0.234 e. The lowest BCUT2D eigenvalue weighted by molar-refractivity contribution is -0.122. The van der Waals surface area contributed by atoms with E-state index in [4.69, 9.17) is 0 Å². The zero-order valence-corrected chi connectivity index (χ0v) is 9.67. The molecule has 1 saturated heterocycles. The molecule has 0 unspecified atom stereocenters. The summed E-state index contributed by atoms with van der Waals surface area (Å²) in [6.45, 7) is 7.97. The molecule has 3 nitrogen and oxygen atoms in total. The molecule has 1 rings (SSSR count). The number of piperidine rings is 1. The first kappa shape index (κ1) is 12.2. The zero-order valence-electron chi connectivity index (χ0n) is 9.67. The van der Waals surface area contributed by atoms with Gasteiger partial charge in [-0.1, -0.05) is 19.4 Å². The Morgan fingerprint density at radius 1 is 1.60 bits per heavy atom. The van der Waals surface area contributed by atoms with Crippen LogP contribution in [0.3, 0.4) is 0 Å². The van der Waals surface area contributed by atoms with E-state index >= 15 is 0 Å². The predicted molar refractivity (Wildman–Crippen MR) is 62.7 cm³/mol. The summed E-state index contributed by atoms with van der Waals surface area (Å²) in [5, 5.41) is 2.83. The van der Waals surface area contributed by atoms with Crippen LogP contribution in [0.4, 0.5) is 0 Å². The van der Waals surface area contributed by atoms with Crippen LogP contribution in [-0.4, -0.2) is 36.5 Å². The molecule has 1 aliphatic rings. The van der Waals surface area contributed by atoms with Crippen molar-refractivity contribution in [3.63, 3.8) is 0 Å². The average Bonchev–Trinajstić information content (AvgIpc) is 2.27. The maximum atomic E-state index is 11.5. The normalized spacial score (nSPS) is 22.3. The average molecular weight is 210 g/mol. The van der Waals surface area contributed by atoms with Gasteiger partial charge < -0.3 is 5.32 Å². The molecule has 0 spiro atoms. The second kappa shape index (κ2) is 6.62. The topological polar surface area (TPSA) is 32.3 Å². The third-order valence-corrected chi connectivity index (χ3v) is 3.01. The predicted octanol–water partition coefficient (Wildman–Crippen LogP) is 1.55. The number of nitrogens with zero attached hydrogens (tertiary/aromatic N) is 1. The monoisotopic (exact) mass is 210 g/mol. The smallest absolute Gasteiger partial charge is 0.234 e. The zero-order chi connectivity index (χ0) is 11.1. The Balaban J connectivity index is 2.33. The fraction of sp³-hybridized carbons (Fsp3) is 0.750. The summed E-state index contributed by atoms with van der Waals surface area (Å²) in [5.41, 5.74) is 0. The number of rotatable bonds is 5. The van der Waals surface area contributed by atoms with Gasteiger partial charge in [-0.05, 0) is 25.8 Å². The highest BCUT2D eigenvalue weighted by Crippen LogP contribution is 2.18. The van der Waals surface area contributed by atoms with Crippen LogP contribution < -0.4 is 5.32 Å². The Morgan fingerprint density at radius 2 is 2.40 bits per heavy atom. The highest BCUT2D eigenvalue weighted by Gasteiger charge is 2.22. The third kappa shape index (κ3) is 4.04. The molecule has 0 aromatic carbocycles. The molecule has 0 saturated carbocycles. The van der Waals surface area contributed by atoms with Crippen molar-refractivity contribution in [2.45, 2.75) is 38.6 Å². The van der Waals surface area contributed by atoms with Gasteiger partial charge in [0.15, 0.2) is 0 Å². The minimum absolute atomic E-state index is 0.121. The van der Waals surface area contributed by atoms with Crippen molar-refractivity contribution in [3.05, 3.63) is 12.7 Å². The SMILES string of the molecule is C=CCNC(=O)CN1CCCC[C@@H]1CC. The van der Waals surface area contributed by atoms with Gasteiger partial charge in [-0.15, -0.1) is 6.58 Å². The summed E-state index contributed by atoms with van der Waals surface area (Å²) >= 11 is 0. The summed E-state index contributed by atoms with van der Waals surface area (Å²) in [4.78, 5) is 13.8. The van der Waals surface area contributed by atoms with E-state index in [1.165, 1.54) is 19.3 Å². The van der Waals surface area contributed by atoms with E-state index in [-0.39, 0.29) is 5.91 Å². The number of amides is 1. The summed E-state index contributed by atoms with van der Waals surface area (Å²) in [6.07, 6.45) is 6.64. The van der Waals surface area contributed by atoms with E-state index in [9.17, 15) is 4.79 Å². The van der Waals surface area contributed by atoms with Gasteiger partial charge in [0.05, 0.1) is 6.54 Å². The lowest BCUT2D eigenvalue weighted by Crippen LogP contribution is -2.45. The molecule has 1 N–H and O–H groups in total. The molecule has 0 aliphatic carbocycles. The minimum atomic E-state index is 0.121. The first-order valence-corrected chi connectivity index (χ1v) is 5.89. The molecule has 0 radical (unpaired) electrons. The van der Waals surface area contributed by atoms with Crippen LogP contribution in [0.15, 0.2) is 12.7 Å². The van der Waals surface area contributed by atoms with Crippen molar-refractivity contribution >= 4 is 5.91 Å². The lowest BCUT2D eigenvalue weighted by Gasteiger charge is -2.34. The highest BCUT2D eigenvalue weighted by atomic mass is 16.2. The summed E-state index contributed by atoms with van der Waals surface area (Å²) in [6, 6.07) is 0.605. The number of hydrogen-bond acceptors (Lipinski definition) is 2. The van der Waals surface area contributed by atoms with E-state index < -0.39 is 0 Å². The van der Waals surface area contributed by atoms with E-state index in [1.807, 2.05) is 0 Å². The molecule has 0 aromatic heterocycles. The van der Waals surface area contributed by atoms with Crippen LogP contribution >= 0.6 is 0 Å². The number of nitrogens with one attached hydrogen (secondary N) is 1. The van der Waals surface area contributed by atoms with Gasteiger partial charge in [-0.3, -0.25) is 9.69 Å². The minimum Gasteiger partial charge on any atom is -0.352 e. The van der Waals surface area contributed by atoms with Gasteiger partial charge in [0.1, 0.15) is 0 Å². The molecule has 86 valence electrons. The highest BCUT2D eigenvalue weighted by molar-refractivity contribution is 5.78. The Morgan fingerprint density at radius 3 is 3.07 bits per heavy atom. The first-order valence-electron chi connectivity index (χ1n) is 5.89. The molecule has 1 amide bonds. The first-order chi connectivity index (χ1) is 7.27. The molecule has 1 aliphatic heterocycles. The van der Waals surface area contributed by atoms with Crippen molar-refractivity contribution in [1.82, 2.24) is 10.2 Å². The summed E-state index contributed by atoms with van der Waals surface area (Å²) in [7, 11) is 0. The van der Waals surface area contributed by atoms with E-state index in [0.29, 0.717) is 19.1 Å². The molecule has 0 aromatic rings. The number of carbonyl (C=O) groups is 1. The van der Waals surface area contributed by atoms with E-state index in [1.54, 1.807) is 6.08 Å². The molecule has 15 heavy (non-hydrogen) atoms. The van der Waals surface area contributed by atoms with Gasteiger partial charge in [-0.25, -0.2) is 0 Å². The van der Waals surface area contributed by atoms with Crippen LogP contribution in [0, 0.1) is 0 Å². The van der Waals surface area contributed by atoms with E-state index in [0.717, 1.165) is 13.0 Å². The summed E-state index contributed by atoms with van der Waals surface area (Å²) in [5.74, 6) is 0.121. The van der Waals surface area contributed by atoms with Gasteiger partial charge in [0.2, 0.25) is 5.91 Å². The van der Waals surface area contributed by atoms with Crippen molar-refractivity contribution < 1.29 is 4.79 Å². The van der Waals surface area contributed by atoms with Crippen molar-refractivity contribution in [1.29, 1.82) is 0 Å². The lowest BCUT2D eigenvalue weighted by atomic mass is 10.0. The molecular weight excluding hydrogens is 188 g/mol. The fourth-order valence-electron chi connectivity index (χ4n) is 2.16. The third-order valence-electron chi connectivity index (χ3n) is 3.01. The molecule has 1 atom stereocenters. The van der Waals surface area contributed by atoms with Crippen LogP contribution in [-0.2, 0) is 4.79 Å². The van der Waals surface area contributed by atoms with Crippen molar-refractivity contribution in [2.24, 2.45) is 0 Å². The van der Waals surface area contributed by atoms with Gasteiger partial charge in [-0.2, -0.15) is 0 Å². The second-order valence-corrected chi connectivity index (χ2v) is 4.12. The second-order valence-electron chi connectivity index (χ2n) is 4.12. The van der Waals surface area contributed by atoms with Gasteiger partial charge in [0.25, 0.3) is 0 Å². The largest absolute Gasteiger partial charge is 0.352 e. The van der Waals surface area contributed by atoms with Crippen LogP contribution in [0.2, 0.25) is 0 Å². The van der Waals surface area contributed by atoms with Crippen molar-refractivity contribution in [2.75, 3.05) is 19.6 Å². The molecule has 1 fully saturated rings. The maximum absolute atomic E-state index is 11.5. The van der Waals surface area contributed by atoms with Gasteiger partial charge in [0, 0.05) is 12.6 Å². The van der Waals surface area contributed by atoms with Crippen LogP contribution in [0.25, 0.3) is 0 Å². The molecule has 0 bridgehead atoms. The number of hydrogen-bond donors (Lipinski definition) is 1. The molecule has 3 heteroatoms. The Kier molecular flexibility index (Phi) is 5.40. The standard InChI is InChI=1S/C12H22N2O/c1-3-8-13-12(15)10-14-9-6-5-7-11(14)4-2/h3,11H,1,4-10H2,2H3,(H,13,15)/t11-/m0/s1. The molecule has 1 heterocycles. The Bertz CT molecular complexity index is 216. The molecular formula is C12H22N2O. The number of likely N-dealkylation sites (tertiary alicyclic amines) is 1. The number of carbonyl (C=O) groups excluding carboxylic acids is 1. The quantitative estimate of drug-likeness (QED) is 0.698. The van der Waals surface area contributed by atoms with Gasteiger partial charge >= 0.3 is 0 Å². The van der Waals surface area contributed by atoms with E-state index in [2.05, 4.69) is 23.7 Å². The summed E-state index contributed by atoms with van der Waals surface area (Å²) < 4.78 is 0. The van der Waals surface area contributed by atoms with Crippen LogP contribution in [0.5, 0.6) is 0 Å².